The second-order valence-electron chi connectivity index (χ2n) is 6.24. The molecule has 0 atom stereocenters. The van der Waals surface area contributed by atoms with Crippen molar-refractivity contribution >= 4 is 5.95 Å². The zero-order valence-electron chi connectivity index (χ0n) is 14.2. The topological polar surface area (TPSA) is 72.9 Å². The molecule has 1 saturated heterocycles. The van der Waals surface area contributed by atoms with Crippen molar-refractivity contribution in [2.45, 2.75) is 45.5 Å². The fourth-order valence-electron chi connectivity index (χ4n) is 2.89. The van der Waals surface area contributed by atoms with Crippen molar-refractivity contribution < 1.29 is 13.2 Å². The summed E-state index contributed by atoms with van der Waals surface area (Å²) in [5.74, 6) is 0.0976. The van der Waals surface area contributed by atoms with Crippen LogP contribution in [0.25, 0.3) is 11.3 Å². The van der Waals surface area contributed by atoms with E-state index in [9.17, 15) is 13.2 Å². The first-order chi connectivity index (χ1) is 11.8. The molecule has 3 rings (SSSR count). The third kappa shape index (κ3) is 3.76. The Hall–Kier alpha value is -2.16. The van der Waals surface area contributed by atoms with Crippen LogP contribution in [0.2, 0.25) is 0 Å². The van der Waals surface area contributed by atoms with E-state index in [1.165, 1.54) is 0 Å². The van der Waals surface area contributed by atoms with E-state index in [0.717, 1.165) is 6.07 Å². The summed E-state index contributed by atoms with van der Waals surface area (Å²) < 4.78 is 41.6. The van der Waals surface area contributed by atoms with Crippen LogP contribution < -0.4 is 10.6 Å². The molecule has 2 aromatic heterocycles. The molecule has 0 aromatic carbocycles. The predicted octanol–water partition coefficient (Wildman–Crippen LogP) is 2.61. The summed E-state index contributed by atoms with van der Waals surface area (Å²) in [6, 6.07) is 1.06. The van der Waals surface area contributed by atoms with Gasteiger partial charge in [0, 0.05) is 37.4 Å². The van der Waals surface area contributed by atoms with E-state index < -0.39 is 11.9 Å². The first kappa shape index (κ1) is 17.7. The fourth-order valence-corrected chi connectivity index (χ4v) is 2.89. The molecule has 0 saturated carbocycles. The number of nitrogens with two attached hydrogens (primary N) is 1. The van der Waals surface area contributed by atoms with E-state index in [1.54, 1.807) is 22.7 Å². The molecule has 0 spiro atoms. The van der Waals surface area contributed by atoms with Gasteiger partial charge in [-0.2, -0.15) is 18.3 Å². The Morgan fingerprint density at radius 2 is 1.92 bits per heavy atom. The summed E-state index contributed by atoms with van der Waals surface area (Å²) in [7, 11) is 0. The summed E-state index contributed by atoms with van der Waals surface area (Å²) in [4.78, 5) is 9.92. The van der Waals surface area contributed by atoms with Crippen LogP contribution in [0, 0.1) is 6.92 Å². The minimum atomic E-state index is -4.53. The zero-order chi connectivity index (χ0) is 18.2. The Bertz CT molecular complexity index is 747. The van der Waals surface area contributed by atoms with Crippen LogP contribution in [0.5, 0.6) is 0 Å². The first-order valence-electron chi connectivity index (χ1n) is 8.29. The van der Waals surface area contributed by atoms with Gasteiger partial charge in [-0.05, 0) is 32.8 Å². The van der Waals surface area contributed by atoms with Crippen molar-refractivity contribution in [2.75, 3.05) is 18.0 Å². The molecule has 2 aromatic rings. The standard InChI is InChI=1S/C16H21F3N6/c1-3-25-9-12(10(2)23-25)13-8-14(16(17,18)19)22-15(21-13)24-6-4-11(20)5-7-24/h8-9,11H,3-7,20H2,1-2H3. The minimum Gasteiger partial charge on any atom is -0.341 e. The monoisotopic (exact) mass is 354 g/mol. The van der Waals surface area contributed by atoms with Crippen molar-refractivity contribution in [2.24, 2.45) is 5.73 Å². The van der Waals surface area contributed by atoms with Crippen LogP contribution in [0.1, 0.15) is 31.2 Å². The number of aryl methyl sites for hydroxylation is 2. The maximum absolute atomic E-state index is 13.3. The molecule has 9 heteroatoms. The molecule has 1 aliphatic heterocycles. The molecule has 0 unspecified atom stereocenters. The highest BCUT2D eigenvalue weighted by molar-refractivity contribution is 5.63. The molecule has 0 radical (unpaired) electrons. The van der Waals surface area contributed by atoms with E-state index in [4.69, 9.17) is 5.73 Å². The van der Waals surface area contributed by atoms with E-state index in [1.807, 2.05) is 6.92 Å². The van der Waals surface area contributed by atoms with Crippen molar-refractivity contribution in [1.29, 1.82) is 0 Å². The smallest absolute Gasteiger partial charge is 0.341 e. The number of anilines is 1. The number of hydrogen-bond acceptors (Lipinski definition) is 5. The van der Waals surface area contributed by atoms with Crippen LogP contribution in [0.4, 0.5) is 19.1 Å². The Balaban J connectivity index is 2.05. The first-order valence-corrected chi connectivity index (χ1v) is 8.29. The normalized spacial score (nSPS) is 16.5. The lowest BCUT2D eigenvalue weighted by Crippen LogP contribution is -2.40. The van der Waals surface area contributed by atoms with Gasteiger partial charge >= 0.3 is 6.18 Å². The number of aromatic nitrogens is 4. The van der Waals surface area contributed by atoms with Crippen molar-refractivity contribution in [3.8, 4) is 11.3 Å². The average molecular weight is 354 g/mol. The van der Waals surface area contributed by atoms with Gasteiger partial charge in [0.25, 0.3) is 0 Å². The van der Waals surface area contributed by atoms with Gasteiger partial charge in [-0.25, -0.2) is 9.97 Å². The molecule has 0 aliphatic carbocycles. The molecule has 1 aliphatic rings. The van der Waals surface area contributed by atoms with Crippen LogP contribution in [-0.4, -0.2) is 38.9 Å². The summed E-state index contributed by atoms with van der Waals surface area (Å²) in [6.07, 6.45) is -1.40. The van der Waals surface area contributed by atoms with Crippen molar-refractivity contribution in [1.82, 2.24) is 19.7 Å². The van der Waals surface area contributed by atoms with Crippen LogP contribution in [0.15, 0.2) is 12.3 Å². The lowest BCUT2D eigenvalue weighted by Gasteiger charge is -2.30. The molecule has 3 heterocycles. The molecule has 0 bridgehead atoms. The molecule has 25 heavy (non-hydrogen) atoms. The third-order valence-electron chi connectivity index (χ3n) is 4.37. The molecule has 0 amide bonds. The van der Waals surface area contributed by atoms with Gasteiger partial charge in [-0.1, -0.05) is 0 Å². The summed E-state index contributed by atoms with van der Waals surface area (Å²) in [6.45, 7) is 5.41. The highest BCUT2D eigenvalue weighted by Gasteiger charge is 2.35. The number of piperidine rings is 1. The Kier molecular flexibility index (Phi) is 4.68. The maximum atomic E-state index is 13.3. The molecule has 1 fully saturated rings. The molecular formula is C16H21F3N6. The number of rotatable bonds is 3. The molecule has 2 N–H and O–H groups in total. The Labute approximate surface area is 143 Å². The second kappa shape index (κ2) is 6.62. The number of nitrogens with zero attached hydrogens (tertiary/aromatic N) is 5. The quantitative estimate of drug-likeness (QED) is 0.917. The summed E-state index contributed by atoms with van der Waals surface area (Å²) >= 11 is 0. The summed E-state index contributed by atoms with van der Waals surface area (Å²) in [5, 5.41) is 4.29. The van der Waals surface area contributed by atoms with Crippen LogP contribution in [0.3, 0.4) is 0 Å². The van der Waals surface area contributed by atoms with Crippen molar-refractivity contribution in [3.63, 3.8) is 0 Å². The largest absolute Gasteiger partial charge is 0.433 e. The van der Waals surface area contributed by atoms with Gasteiger partial charge in [0.05, 0.1) is 11.4 Å². The summed E-state index contributed by atoms with van der Waals surface area (Å²) in [5.41, 5.74) is 6.40. The van der Waals surface area contributed by atoms with Crippen LogP contribution in [-0.2, 0) is 12.7 Å². The van der Waals surface area contributed by atoms with Gasteiger partial charge in [0.2, 0.25) is 5.95 Å². The van der Waals surface area contributed by atoms with Crippen molar-refractivity contribution in [3.05, 3.63) is 23.7 Å². The number of halogens is 3. The van der Waals surface area contributed by atoms with Gasteiger partial charge in [0.15, 0.2) is 5.69 Å². The second-order valence-corrected chi connectivity index (χ2v) is 6.24. The molecule has 6 nitrogen and oxygen atoms in total. The number of hydrogen-bond donors (Lipinski definition) is 1. The van der Waals surface area contributed by atoms with Gasteiger partial charge in [0.1, 0.15) is 0 Å². The van der Waals surface area contributed by atoms with E-state index in [2.05, 4.69) is 15.1 Å². The van der Waals surface area contributed by atoms with Gasteiger partial charge in [-0.15, -0.1) is 0 Å². The SMILES string of the molecule is CCn1cc(-c2cc(C(F)(F)F)nc(N3CCC(N)CC3)n2)c(C)n1. The Morgan fingerprint density at radius 1 is 1.24 bits per heavy atom. The molecular weight excluding hydrogens is 333 g/mol. The molecule has 136 valence electrons. The third-order valence-corrected chi connectivity index (χ3v) is 4.37. The zero-order valence-corrected chi connectivity index (χ0v) is 14.2. The highest BCUT2D eigenvalue weighted by Crippen LogP contribution is 2.33. The maximum Gasteiger partial charge on any atom is 0.433 e. The minimum absolute atomic E-state index is 0.0755. The van der Waals surface area contributed by atoms with E-state index in [0.29, 0.717) is 43.7 Å². The van der Waals surface area contributed by atoms with E-state index in [-0.39, 0.29) is 17.7 Å². The van der Waals surface area contributed by atoms with E-state index >= 15 is 0 Å². The lowest BCUT2D eigenvalue weighted by atomic mass is 10.1. The highest BCUT2D eigenvalue weighted by atomic mass is 19.4. The predicted molar refractivity (Wildman–Crippen MR) is 88.1 cm³/mol. The average Bonchev–Trinajstić information content (AvgIpc) is 2.95. The van der Waals surface area contributed by atoms with Gasteiger partial charge in [-0.3, -0.25) is 4.68 Å². The number of alkyl halides is 3. The van der Waals surface area contributed by atoms with Crippen LogP contribution >= 0.6 is 0 Å². The fraction of sp³-hybridized carbons (Fsp3) is 0.562. The lowest BCUT2D eigenvalue weighted by molar-refractivity contribution is -0.141. The Morgan fingerprint density at radius 3 is 2.48 bits per heavy atom. The van der Waals surface area contributed by atoms with Gasteiger partial charge < -0.3 is 10.6 Å².